The van der Waals surface area contributed by atoms with Gasteiger partial charge in [0.2, 0.25) is 0 Å². The monoisotopic (exact) mass is 241 g/mol. The van der Waals surface area contributed by atoms with Crippen molar-refractivity contribution in [2.45, 2.75) is 44.7 Å². The van der Waals surface area contributed by atoms with Crippen LogP contribution in [-0.4, -0.2) is 63.2 Å². The summed E-state index contributed by atoms with van der Waals surface area (Å²) >= 11 is 0. The van der Waals surface area contributed by atoms with Crippen LogP contribution in [0, 0.1) is 5.92 Å². The highest BCUT2D eigenvalue weighted by atomic mass is 15.2. The average molecular weight is 241 g/mol. The maximum atomic E-state index is 3.50. The van der Waals surface area contributed by atoms with E-state index in [0.717, 1.165) is 12.0 Å². The second-order valence-corrected chi connectivity index (χ2v) is 6.02. The van der Waals surface area contributed by atoms with Gasteiger partial charge in [0.25, 0.3) is 0 Å². The largest absolute Gasteiger partial charge is 0.315 e. The summed E-state index contributed by atoms with van der Waals surface area (Å²) in [6.07, 6.45) is 5.34. The van der Waals surface area contributed by atoms with Crippen molar-refractivity contribution >= 4 is 0 Å². The molecule has 17 heavy (non-hydrogen) atoms. The van der Waals surface area contributed by atoms with Crippen molar-refractivity contribution in [1.82, 2.24) is 15.1 Å². The molecule has 0 aromatic heterocycles. The van der Waals surface area contributed by atoms with Crippen LogP contribution in [0.1, 0.15) is 32.6 Å². The summed E-state index contributed by atoms with van der Waals surface area (Å²) in [6, 6.07) is 1.42. The fraction of sp³-hybridized carbons (Fsp3) is 1.00. The molecule has 3 nitrogen and oxygen atoms in total. The fourth-order valence-electron chi connectivity index (χ4n) is 2.98. The van der Waals surface area contributed by atoms with Gasteiger partial charge in [-0.2, -0.15) is 0 Å². The molecule has 3 heteroatoms. The van der Waals surface area contributed by atoms with E-state index in [1.807, 2.05) is 0 Å². The molecule has 0 aromatic rings. The van der Waals surface area contributed by atoms with Gasteiger partial charge < -0.3 is 15.1 Å². The first-order valence-corrected chi connectivity index (χ1v) is 7.06. The van der Waals surface area contributed by atoms with Gasteiger partial charge in [-0.3, -0.25) is 0 Å². The molecule has 0 bridgehead atoms. The van der Waals surface area contributed by atoms with Crippen molar-refractivity contribution in [3.63, 3.8) is 0 Å². The molecule has 102 valence electrons. The molecule has 1 N–H and O–H groups in total. The van der Waals surface area contributed by atoms with Gasteiger partial charge in [0.15, 0.2) is 0 Å². The first-order chi connectivity index (χ1) is 8.04. The molecule has 1 rings (SSSR count). The standard InChI is InChI=1S/C14H31N3/c1-12-7-8-13(15-2)14(11-12)17(5)10-6-9-16(3)4/h12-15H,6-11H2,1-5H3. The molecule has 0 aromatic carbocycles. The summed E-state index contributed by atoms with van der Waals surface area (Å²) in [7, 11) is 8.71. The highest BCUT2D eigenvalue weighted by molar-refractivity contribution is 4.88. The topological polar surface area (TPSA) is 18.5 Å². The van der Waals surface area contributed by atoms with Crippen molar-refractivity contribution in [3.05, 3.63) is 0 Å². The van der Waals surface area contributed by atoms with E-state index < -0.39 is 0 Å². The molecule has 1 fully saturated rings. The molecule has 0 amide bonds. The van der Waals surface area contributed by atoms with Crippen molar-refractivity contribution in [2.75, 3.05) is 41.3 Å². The minimum absolute atomic E-state index is 0.690. The Hall–Kier alpha value is -0.120. The van der Waals surface area contributed by atoms with E-state index in [2.05, 4.69) is 50.2 Å². The molecule has 0 saturated heterocycles. The molecule has 3 unspecified atom stereocenters. The molecule has 0 aliphatic heterocycles. The minimum Gasteiger partial charge on any atom is -0.315 e. The van der Waals surface area contributed by atoms with Crippen LogP contribution >= 0.6 is 0 Å². The van der Waals surface area contributed by atoms with Crippen molar-refractivity contribution in [2.24, 2.45) is 5.92 Å². The van der Waals surface area contributed by atoms with E-state index in [1.165, 1.54) is 38.8 Å². The molecule has 1 aliphatic carbocycles. The zero-order valence-corrected chi connectivity index (χ0v) is 12.4. The number of rotatable bonds is 6. The third-order valence-corrected chi connectivity index (χ3v) is 4.13. The van der Waals surface area contributed by atoms with E-state index in [0.29, 0.717) is 6.04 Å². The summed E-state index contributed by atoms with van der Waals surface area (Å²) < 4.78 is 0. The second-order valence-electron chi connectivity index (χ2n) is 6.02. The number of likely N-dealkylation sites (N-methyl/N-ethyl adjacent to an activating group) is 2. The van der Waals surface area contributed by atoms with Crippen LogP contribution in [0.15, 0.2) is 0 Å². The van der Waals surface area contributed by atoms with Crippen molar-refractivity contribution in [3.8, 4) is 0 Å². The Morgan fingerprint density at radius 1 is 1.12 bits per heavy atom. The highest BCUT2D eigenvalue weighted by Gasteiger charge is 2.29. The van der Waals surface area contributed by atoms with E-state index >= 15 is 0 Å². The highest BCUT2D eigenvalue weighted by Crippen LogP contribution is 2.27. The third kappa shape index (κ3) is 4.94. The molecule has 0 radical (unpaired) electrons. The molecule has 0 heterocycles. The summed E-state index contributed by atoms with van der Waals surface area (Å²) in [5, 5.41) is 3.50. The van der Waals surface area contributed by atoms with Gasteiger partial charge in [-0.1, -0.05) is 6.92 Å². The van der Waals surface area contributed by atoms with Crippen LogP contribution in [-0.2, 0) is 0 Å². The Kier molecular flexibility index (Phi) is 6.45. The summed E-state index contributed by atoms with van der Waals surface area (Å²) in [4.78, 5) is 4.84. The normalized spacial score (nSPS) is 30.2. The Balaban J connectivity index is 2.38. The van der Waals surface area contributed by atoms with Gasteiger partial charge in [0.05, 0.1) is 0 Å². The zero-order chi connectivity index (χ0) is 12.8. The maximum absolute atomic E-state index is 3.50. The van der Waals surface area contributed by atoms with Gasteiger partial charge in [0.1, 0.15) is 0 Å². The first-order valence-electron chi connectivity index (χ1n) is 7.06. The van der Waals surface area contributed by atoms with Crippen molar-refractivity contribution < 1.29 is 0 Å². The van der Waals surface area contributed by atoms with Gasteiger partial charge >= 0.3 is 0 Å². The van der Waals surface area contributed by atoms with Crippen LogP contribution in [0.25, 0.3) is 0 Å². The smallest absolute Gasteiger partial charge is 0.0248 e. The lowest BCUT2D eigenvalue weighted by atomic mass is 9.82. The lowest BCUT2D eigenvalue weighted by Crippen LogP contribution is -2.51. The van der Waals surface area contributed by atoms with Crippen LogP contribution in [0.4, 0.5) is 0 Å². The first kappa shape index (κ1) is 14.9. The molecule has 0 spiro atoms. The maximum Gasteiger partial charge on any atom is 0.0248 e. The Morgan fingerprint density at radius 2 is 1.82 bits per heavy atom. The summed E-state index contributed by atoms with van der Waals surface area (Å²) in [6.45, 7) is 4.80. The van der Waals surface area contributed by atoms with Gasteiger partial charge in [-0.25, -0.2) is 0 Å². The fourth-order valence-corrected chi connectivity index (χ4v) is 2.98. The molecule has 1 saturated carbocycles. The van der Waals surface area contributed by atoms with Gasteiger partial charge in [-0.05, 0) is 72.9 Å². The molecular weight excluding hydrogens is 210 g/mol. The Labute approximate surface area is 108 Å². The van der Waals surface area contributed by atoms with Crippen molar-refractivity contribution in [1.29, 1.82) is 0 Å². The molecule has 3 atom stereocenters. The zero-order valence-electron chi connectivity index (χ0n) is 12.4. The lowest BCUT2D eigenvalue weighted by molar-refractivity contribution is 0.125. The predicted molar refractivity (Wildman–Crippen MR) is 75.5 cm³/mol. The SMILES string of the molecule is CNC1CCC(C)CC1N(C)CCCN(C)C. The van der Waals surface area contributed by atoms with E-state index in [4.69, 9.17) is 0 Å². The third-order valence-electron chi connectivity index (χ3n) is 4.13. The Morgan fingerprint density at radius 3 is 2.41 bits per heavy atom. The summed E-state index contributed by atoms with van der Waals surface area (Å²) in [5.74, 6) is 0.890. The van der Waals surface area contributed by atoms with Crippen LogP contribution < -0.4 is 5.32 Å². The van der Waals surface area contributed by atoms with Crippen LogP contribution in [0.2, 0.25) is 0 Å². The minimum atomic E-state index is 0.690. The number of nitrogens with one attached hydrogen (secondary N) is 1. The second kappa shape index (κ2) is 7.34. The average Bonchev–Trinajstić information content (AvgIpc) is 2.28. The lowest BCUT2D eigenvalue weighted by Gasteiger charge is -2.40. The van der Waals surface area contributed by atoms with Crippen LogP contribution in [0.5, 0.6) is 0 Å². The van der Waals surface area contributed by atoms with E-state index in [9.17, 15) is 0 Å². The van der Waals surface area contributed by atoms with E-state index in [1.54, 1.807) is 0 Å². The number of hydrogen-bond acceptors (Lipinski definition) is 3. The molecule has 1 aliphatic rings. The summed E-state index contributed by atoms with van der Waals surface area (Å²) in [5.41, 5.74) is 0. The number of hydrogen-bond donors (Lipinski definition) is 1. The quantitative estimate of drug-likeness (QED) is 0.763. The van der Waals surface area contributed by atoms with Crippen LogP contribution in [0.3, 0.4) is 0 Å². The molecular formula is C14H31N3. The predicted octanol–water partition coefficient (Wildman–Crippen LogP) is 1.65. The van der Waals surface area contributed by atoms with Gasteiger partial charge in [0, 0.05) is 12.1 Å². The number of nitrogens with zero attached hydrogens (tertiary/aromatic N) is 2. The van der Waals surface area contributed by atoms with Gasteiger partial charge in [-0.15, -0.1) is 0 Å². The Bertz CT molecular complexity index is 206. The van der Waals surface area contributed by atoms with E-state index in [-0.39, 0.29) is 0 Å².